The van der Waals surface area contributed by atoms with Gasteiger partial charge in [-0.2, -0.15) is 0 Å². The molecule has 178 valence electrons. The SMILES string of the molecule is COC(=O)c1cc(NC(=O)CN(c2ccc(C(C)(C)C)cc2)S(C)(=O)=O)cc(C(=O)OC)c1. The fraction of sp³-hybridized carbons (Fsp3) is 0.348. The third-order valence-corrected chi connectivity index (χ3v) is 5.91. The first-order valence-electron chi connectivity index (χ1n) is 9.96. The van der Waals surface area contributed by atoms with Crippen molar-refractivity contribution in [1.82, 2.24) is 0 Å². The van der Waals surface area contributed by atoms with Crippen LogP contribution in [0.3, 0.4) is 0 Å². The van der Waals surface area contributed by atoms with Gasteiger partial charge in [0.15, 0.2) is 0 Å². The van der Waals surface area contributed by atoms with Gasteiger partial charge in [0.05, 0.1) is 37.3 Å². The van der Waals surface area contributed by atoms with E-state index in [1.807, 2.05) is 32.9 Å². The molecule has 0 atom stereocenters. The molecule has 2 aromatic rings. The molecule has 2 rings (SSSR count). The topological polar surface area (TPSA) is 119 Å². The second-order valence-corrected chi connectivity index (χ2v) is 10.3. The lowest BCUT2D eigenvalue weighted by Crippen LogP contribution is -2.37. The molecular weight excluding hydrogens is 448 g/mol. The number of carbonyl (C=O) groups is 3. The van der Waals surface area contributed by atoms with E-state index in [2.05, 4.69) is 14.8 Å². The van der Waals surface area contributed by atoms with Gasteiger partial charge in [0.1, 0.15) is 6.54 Å². The highest BCUT2D eigenvalue weighted by Gasteiger charge is 2.23. The van der Waals surface area contributed by atoms with E-state index in [0.717, 1.165) is 16.1 Å². The number of amides is 1. The van der Waals surface area contributed by atoms with Crippen molar-refractivity contribution in [3.63, 3.8) is 0 Å². The smallest absolute Gasteiger partial charge is 0.337 e. The van der Waals surface area contributed by atoms with Gasteiger partial charge in [-0.15, -0.1) is 0 Å². The Kier molecular flexibility index (Phi) is 7.86. The summed E-state index contributed by atoms with van der Waals surface area (Å²) >= 11 is 0. The number of sulfonamides is 1. The highest BCUT2D eigenvalue weighted by molar-refractivity contribution is 7.92. The number of benzene rings is 2. The van der Waals surface area contributed by atoms with E-state index < -0.39 is 34.4 Å². The number of hydrogen-bond acceptors (Lipinski definition) is 7. The largest absolute Gasteiger partial charge is 0.465 e. The Morgan fingerprint density at radius 3 is 1.79 bits per heavy atom. The van der Waals surface area contributed by atoms with Gasteiger partial charge in [-0.1, -0.05) is 32.9 Å². The van der Waals surface area contributed by atoms with Crippen molar-refractivity contribution in [1.29, 1.82) is 0 Å². The number of nitrogens with zero attached hydrogens (tertiary/aromatic N) is 1. The molecule has 10 heteroatoms. The molecule has 0 saturated heterocycles. The lowest BCUT2D eigenvalue weighted by molar-refractivity contribution is -0.114. The molecule has 0 radical (unpaired) electrons. The Balaban J connectivity index is 2.33. The molecule has 0 aliphatic rings. The van der Waals surface area contributed by atoms with E-state index in [1.54, 1.807) is 12.1 Å². The summed E-state index contributed by atoms with van der Waals surface area (Å²) in [5.41, 5.74) is 1.38. The molecule has 0 bridgehead atoms. The molecule has 2 aromatic carbocycles. The third-order valence-electron chi connectivity index (χ3n) is 4.77. The van der Waals surface area contributed by atoms with Crippen molar-refractivity contribution in [2.45, 2.75) is 26.2 Å². The molecule has 0 aliphatic heterocycles. The van der Waals surface area contributed by atoms with E-state index in [4.69, 9.17) is 0 Å². The molecule has 0 unspecified atom stereocenters. The molecule has 0 heterocycles. The first kappa shape index (κ1) is 25.9. The number of ether oxygens (including phenoxy) is 2. The Labute approximate surface area is 193 Å². The predicted molar refractivity (Wildman–Crippen MR) is 125 cm³/mol. The van der Waals surface area contributed by atoms with Crippen LogP contribution < -0.4 is 9.62 Å². The maximum atomic E-state index is 12.7. The van der Waals surface area contributed by atoms with Gasteiger partial charge >= 0.3 is 11.9 Å². The fourth-order valence-electron chi connectivity index (χ4n) is 3.03. The van der Waals surface area contributed by atoms with Crippen molar-refractivity contribution in [2.75, 3.05) is 36.6 Å². The second kappa shape index (κ2) is 10.0. The van der Waals surface area contributed by atoms with Gasteiger partial charge in [-0.05, 0) is 41.3 Å². The van der Waals surface area contributed by atoms with Crippen LogP contribution in [0.15, 0.2) is 42.5 Å². The van der Waals surface area contributed by atoms with Gasteiger partial charge in [0.2, 0.25) is 15.9 Å². The van der Waals surface area contributed by atoms with Crippen LogP contribution in [-0.4, -0.2) is 53.3 Å². The summed E-state index contributed by atoms with van der Waals surface area (Å²) in [5.74, 6) is -2.10. The number of anilines is 2. The first-order chi connectivity index (χ1) is 15.3. The number of esters is 2. The van der Waals surface area contributed by atoms with Crippen molar-refractivity contribution in [3.8, 4) is 0 Å². The van der Waals surface area contributed by atoms with Gasteiger partial charge in [0.25, 0.3) is 0 Å². The Hall–Kier alpha value is -3.40. The van der Waals surface area contributed by atoms with Crippen LogP contribution >= 0.6 is 0 Å². The molecule has 9 nitrogen and oxygen atoms in total. The highest BCUT2D eigenvalue weighted by Crippen LogP contribution is 2.26. The average molecular weight is 477 g/mol. The minimum atomic E-state index is -3.78. The molecule has 0 spiro atoms. The molecule has 1 amide bonds. The zero-order valence-electron chi connectivity index (χ0n) is 19.5. The molecule has 0 saturated carbocycles. The van der Waals surface area contributed by atoms with E-state index in [1.165, 1.54) is 32.4 Å². The predicted octanol–water partition coefficient (Wildman–Crippen LogP) is 2.96. The number of hydrogen-bond donors (Lipinski definition) is 1. The Bertz CT molecular complexity index is 1120. The lowest BCUT2D eigenvalue weighted by atomic mass is 9.87. The van der Waals surface area contributed by atoms with Gasteiger partial charge in [-0.3, -0.25) is 9.10 Å². The van der Waals surface area contributed by atoms with Crippen LogP contribution in [0.5, 0.6) is 0 Å². The van der Waals surface area contributed by atoms with Crippen LogP contribution in [0.4, 0.5) is 11.4 Å². The van der Waals surface area contributed by atoms with E-state index in [9.17, 15) is 22.8 Å². The quantitative estimate of drug-likeness (QED) is 0.610. The van der Waals surface area contributed by atoms with E-state index in [-0.39, 0.29) is 22.2 Å². The molecule has 33 heavy (non-hydrogen) atoms. The highest BCUT2D eigenvalue weighted by atomic mass is 32.2. The summed E-state index contributed by atoms with van der Waals surface area (Å²) < 4.78 is 35.1. The van der Waals surface area contributed by atoms with Gasteiger partial charge in [-0.25, -0.2) is 18.0 Å². The Morgan fingerprint density at radius 1 is 0.909 bits per heavy atom. The summed E-state index contributed by atoms with van der Waals surface area (Å²) in [6.07, 6.45) is 1.01. The van der Waals surface area contributed by atoms with Crippen LogP contribution in [0.2, 0.25) is 0 Å². The minimum absolute atomic E-state index is 0.0217. The number of carbonyl (C=O) groups excluding carboxylic acids is 3. The molecule has 0 aliphatic carbocycles. The van der Waals surface area contributed by atoms with Gasteiger partial charge < -0.3 is 14.8 Å². The minimum Gasteiger partial charge on any atom is -0.465 e. The van der Waals surface area contributed by atoms with Crippen LogP contribution in [0.25, 0.3) is 0 Å². The second-order valence-electron chi connectivity index (χ2n) is 8.40. The summed E-state index contributed by atoms with van der Waals surface area (Å²) in [5, 5.41) is 2.53. The number of nitrogens with one attached hydrogen (secondary N) is 1. The molecule has 0 fully saturated rings. The van der Waals surface area contributed by atoms with Crippen molar-refractivity contribution < 1.29 is 32.3 Å². The summed E-state index contributed by atoms with van der Waals surface area (Å²) in [6, 6.07) is 10.8. The molecule has 0 aromatic heterocycles. The van der Waals surface area contributed by atoms with Crippen LogP contribution in [0.1, 0.15) is 47.1 Å². The maximum Gasteiger partial charge on any atom is 0.337 e. The van der Waals surface area contributed by atoms with E-state index in [0.29, 0.717) is 5.69 Å². The molecule has 1 N–H and O–H groups in total. The summed E-state index contributed by atoms with van der Waals surface area (Å²) in [6.45, 7) is 5.60. The zero-order chi connectivity index (χ0) is 25.0. The number of rotatable bonds is 7. The normalized spacial score (nSPS) is 11.5. The first-order valence-corrected chi connectivity index (χ1v) is 11.8. The monoisotopic (exact) mass is 476 g/mol. The van der Waals surface area contributed by atoms with Crippen LogP contribution in [0, 0.1) is 0 Å². The summed E-state index contributed by atoms with van der Waals surface area (Å²) in [4.78, 5) is 36.6. The van der Waals surface area contributed by atoms with Crippen LogP contribution in [-0.2, 0) is 29.7 Å². The molecular formula is C23H28N2O7S. The van der Waals surface area contributed by atoms with Gasteiger partial charge in [0, 0.05) is 5.69 Å². The van der Waals surface area contributed by atoms with Crippen molar-refractivity contribution in [2.24, 2.45) is 0 Å². The number of methoxy groups -OCH3 is 2. The zero-order valence-corrected chi connectivity index (χ0v) is 20.3. The maximum absolute atomic E-state index is 12.7. The Morgan fingerprint density at radius 2 is 1.39 bits per heavy atom. The third kappa shape index (κ3) is 6.79. The van der Waals surface area contributed by atoms with E-state index >= 15 is 0 Å². The lowest BCUT2D eigenvalue weighted by Gasteiger charge is -2.24. The summed E-state index contributed by atoms with van der Waals surface area (Å²) in [7, 11) is -1.42. The average Bonchev–Trinajstić information content (AvgIpc) is 2.74. The fourth-order valence-corrected chi connectivity index (χ4v) is 3.89. The van der Waals surface area contributed by atoms with Crippen molar-refractivity contribution >= 4 is 39.2 Å². The standard InChI is InChI=1S/C23H28N2O7S/c1-23(2,3)17-7-9-19(10-8-17)25(33(6,29)30)14-20(26)24-18-12-15(21(27)31-4)11-16(13-18)22(28)32-5/h7-13H,14H2,1-6H3,(H,24,26). The van der Waals surface area contributed by atoms with Crippen molar-refractivity contribution in [3.05, 3.63) is 59.2 Å².